The van der Waals surface area contributed by atoms with Gasteiger partial charge >= 0.3 is 0 Å². The van der Waals surface area contributed by atoms with Crippen LogP contribution in [-0.4, -0.2) is 9.97 Å². The topological polar surface area (TPSA) is 41.8 Å². The van der Waals surface area contributed by atoms with Gasteiger partial charge in [0.25, 0.3) is 0 Å². The average molecular weight is 292 g/mol. The highest BCUT2D eigenvalue weighted by Gasteiger charge is 1.98. The lowest BCUT2D eigenvalue weighted by atomic mass is 10.3. The molecule has 0 radical (unpaired) electrons. The van der Waals surface area contributed by atoms with Crippen LogP contribution in [0.1, 0.15) is 23.1 Å². The number of hydrogen-bond acceptors (Lipinski definition) is 2. The molecular weight excluding hydrogens is 279 g/mol. The van der Waals surface area contributed by atoms with Gasteiger partial charge in [0.15, 0.2) is 0 Å². The van der Waals surface area contributed by atoms with E-state index in [2.05, 4.69) is 32.8 Å². The first-order chi connectivity index (χ1) is 7.24. The molecule has 2 aromatic rings. The lowest BCUT2D eigenvalue weighted by Crippen LogP contribution is -1.76. The van der Waals surface area contributed by atoms with E-state index in [9.17, 15) is 0 Å². The first-order valence-corrected chi connectivity index (χ1v) is 5.89. The molecular formula is C10H12BrClN2O. The second-order valence-corrected chi connectivity index (χ2v) is 4.48. The molecule has 15 heavy (non-hydrogen) atoms. The number of H-pyrrole nitrogens is 1. The zero-order chi connectivity index (χ0) is 11.1. The van der Waals surface area contributed by atoms with Crippen molar-refractivity contribution in [3.8, 4) is 0 Å². The fraction of sp³-hybridized carbons (Fsp3) is 0.300. The molecule has 1 N–H and O–H groups in total. The van der Waals surface area contributed by atoms with Crippen LogP contribution in [0.25, 0.3) is 0 Å². The largest absolute Gasteiger partial charge is 0.472 e. The number of rotatable bonds is 2. The minimum atomic E-state index is 0.404. The Kier molecular flexibility index (Phi) is 5.50. The van der Waals surface area contributed by atoms with Gasteiger partial charge in [-0.2, -0.15) is 0 Å². The summed E-state index contributed by atoms with van der Waals surface area (Å²) in [6.07, 6.45) is 6.84. The first kappa shape index (κ1) is 12.3. The Hall–Kier alpha value is -0.740. The summed E-state index contributed by atoms with van der Waals surface area (Å²) in [6.45, 7) is 2.06. The normalized spacial score (nSPS) is 11.7. The van der Waals surface area contributed by atoms with E-state index in [0.29, 0.717) is 10.7 Å². The number of alkyl halides is 2. The average Bonchev–Trinajstić information content (AvgIpc) is 2.92. The number of aromatic nitrogens is 2. The van der Waals surface area contributed by atoms with Gasteiger partial charge in [0, 0.05) is 22.8 Å². The third-order valence-corrected chi connectivity index (χ3v) is 2.47. The van der Waals surface area contributed by atoms with Gasteiger partial charge in [-0.3, -0.25) is 0 Å². The van der Waals surface area contributed by atoms with Crippen molar-refractivity contribution >= 4 is 27.5 Å². The molecule has 5 heteroatoms. The molecule has 0 spiro atoms. The lowest BCUT2D eigenvalue weighted by Gasteiger charge is -1.92. The van der Waals surface area contributed by atoms with Crippen LogP contribution in [0.2, 0.25) is 0 Å². The molecule has 0 aliphatic rings. The van der Waals surface area contributed by atoms with Gasteiger partial charge in [-0.15, -0.1) is 11.6 Å². The van der Waals surface area contributed by atoms with E-state index in [-0.39, 0.29) is 0 Å². The number of furan rings is 1. The van der Waals surface area contributed by atoms with Crippen LogP contribution in [0.15, 0.2) is 35.4 Å². The summed E-state index contributed by atoms with van der Waals surface area (Å²) in [6, 6.07) is 1.94. The van der Waals surface area contributed by atoms with Gasteiger partial charge in [-0.05, 0) is 13.0 Å². The standard InChI is InChI=1S/C6H7BrO.C4H5ClN2/c1-5(7)6-2-3-8-4-6;5-3-4-6-1-2-7-4/h2-5H,1H3;1-2H,3H2,(H,6,7). The van der Waals surface area contributed by atoms with Crippen LogP contribution in [0, 0.1) is 0 Å². The Morgan fingerprint density at radius 2 is 2.47 bits per heavy atom. The van der Waals surface area contributed by atoms with E-state index in [1.165, 1.54) is 5.56 Å². The molecule has 0 aromatic carbocycles. The van der Waals surface area contributed by atoms with Crippen LogP contribution >= 0.6 is 27.5 Å². The SMILES string of the molecule is CC(Br)c1ccoc1.ClCc1ncc[nH]1. The van der Waals surface area contributed by atoms with Crippen molar-refractivity contribution in [3.05, 3.63) is 42.4 Å². The molecule has 0 saturated heterocycles. The second-order valence-electron chi connectivity index (χ2n) is 2.84. The first-order valence-electron chi connectivity index (χ1n) is 4.44. The van der Waals surface area contributed by atoms with Crippen LogP contribution in [0.4, 0.5) is 0 Å². The minimum Gasteiger partial charge on any atom is -0.472 e. The van der Waals surface area contributed by atoms with Crippen molar-refractivity contribution in [2.24, 2.45) is 0 Å². The maximum Gasteiger partial charge on any atom is 0.120 e. The maximum atomic E-state index is 5.37. The molecule has 0 aliphatic carbocycles. The monoisotopic (exact) mass is 290 g/mol. The molecule has 2 rings (SSSR count). The summed E-state index contributed by atoms with van der Waals surface area (Å²) in [5, 5.41) is 0. The highest BCUT2D eigenvalue weighted by atomic mass is 79.9. The Labute approximate surface area is 102 Å². The van der Waals surface area contributed by atoms with Gasteiger partial charge in [0.2, 0.25) is 0 Å². The molecule has 0 fully saturated rings. The summed E-state index contributed by atoms with van der Waals surface area (Å²) in [5.74, 6) is 1.29. The maximum absolute atomic E-state index is 5.37. The third kappa shape index (κ3) is 4.53. The quantitative estimate of drug-likeness (QED) is 0.853. The van der Waals surface area contributed by atoms with E-state index in [0.717, 1.165) is 5.82 Å². The van der Waals surface area contributed by atoms with Crippen molar-refractivity contribution in [1.82, 2.24) is 9.97 Å². The molecule has 0 aliphatic heterocycles. The molecule has 0 saturated carbocycles. The van der Waals surface area contributed by atoms with E-state index >= 15 is 0 Å². The third-order valence-electron chi connectivity index (χ3n) is 1.68. The van der Waals surface area contributed by atoms with Gasteiger partial charge in [-0.25, -0.2) is 4.98 Å². The number of nitrogens with zero attached hydrogens (tertiary/aromatic N) is 1. The van der Waals surface area contributed by atoms with E-state index in [1.807, 2.05) is 6.07 Å². The Balaban J connectivity index is 0.000000151. The highest BCUT2D eigenvalue weighted by molar-refractivity contribution is 9.09. The van der Waals surface area contributed by atoms with Crippen molar-refractivity contribution in [1.29, 1.82) is 0 Å². The summed E-state index contributed by atoms with van der Waals surface area (Å²) < 4.78 is 4.85. The molecule has 0 bridgehead atoms. The minimum absolute atomic E-state index is 0.404. The van der Waals surface area contributed by atoms with Crippen molar-refractivity contribution < 1.29 is 4.42 Å². The van der Waals surface area contributed by atoms with Crippen LogP contribution in [-0.2, 0) is 5.88 Å². The zero-order valence-electron chi connectivity index (χ0n) is 8.28. The van der Waals surface area contributed by atoms with Gasteiger partial charge < -0.3 is 9.40 Å². The smallest absolute Gasteiger partial charge is 0.120 e. The lowest BCUT2D eigenvalue weighted by molar-refractivity contribution is 0.564. The predicted octanol–water partition coefficient (Wildman–Crippen LogP) is 3.88. The van der Waals surface area contributed by atoms with Crippen LogP contribution in [0.3, 0.4) is 0 Å². The molecule has 82 valence electrons. The van der Waals surface area contributed by atoms with E-state index < -0.39 is 0 Å². The Morgan fingerprint density at radius 3 is 2.73 bits per heavy atom. The number of halogens is 2. The van der Waals surface area contributed by atoms with Gasteiger partial charge in [-0.1, -0.05) is 15.9 Å². The number of hydrogen-bond donors (Lipinski definition) is 1. The predicted molar refractivity (Wildman–Crippen MR) is 64.2 cm³/mol. The van der Waals surface area contributed by atoms with Crippen LogP contribution in [0.5, 0.6) is 0 Å². The zero-order valence-corrected chi connectivity index (χ0v) is 10.6. The number of aromatic amines is 1. The van der Waals surface area contributed by atoms with E-state index in [4.69, 9.17) is 16.0 Å². The molecule has 3 nitrogen and oxygen atoms in total. The molecule has 1 atom stereocenters. The van der Waals surface area contributed by atoms with Gasteiger partial charge in [0.1, 0.15) is 5.82 Å². The number of nitrogens with one attached hydrogen (secondary N) is 1. The summed E-state index contributed by atoms with van der Waals surface area (Å²) in [4.78, 5) is 7.09. The van der Waals surface area contributed by atoms with Gasteiger partial charge in [0.05, 0.1) is 18.4 Å². The fourth-order valence-corrected chi connectivity index (χ4v) is 1.28. The Morgan fingerprint density at radius 1 is 1.67 bits per heavy atom. The van der Waals surface area contributed by atoms with Crippen molar-refractivity contribution in [2.75, 3.05) is 0 Å². The fourth-order valence-electron chi connectivity index (χ4n) is 0.872. The van der Waals surface area contributed by atoms with Crippen molar-refractivity contribution in [2.45, 2.75) is 17.6 Å². The van der Waals surface area contributed by atoms with Crippen molar-refractivity contribution in [3.63, 3.8) is 0 Å². The summed E-state index contributed by atoms with van der Waals surface area (Å²) in [7, 11) is 0. The number of imidazole rings is 1. The molecule has 1 unspecified atom stereocenters. The Bertz CT molecular complexity index is 345. The highest BCUT2D eigenvalue weighted by Crippen LogP contribution is 2.20. The van der Waals surface area contributed by atoms with Crippen LogP contribution < -0.4 is 0 Å². The molecule has 0 amide bonds. The second kappa shape index (κ2) is 6.69. The summed E-state index contributed by atoms with van der Waals surface area (Å²) in [5.41, 5.74) is 1.19. The summed E-state index contributed by atoms with van der Waals surface area (Å²) >= 11 is 8.78. The molecule has 2 heterocycles. The molecule has 2 aromatic heterocycles. The van der Waals surface area contributed by atoms with E-state index in [1.54, 1.807) is 24.9 Å².